The van der Waals surface area contributed by atoms with Crippen LogP contribution in [0.2, 0.25) is 0 Å². The number of piperazine rings is 1. The first-order chi connectivity index (χ1) is 10.0. The number of amides is 1. The Bertz CT molecular complexity index is 285. The van der Waals surface area contributed by atoms with Gasteiger partial charge >= 0.3 is 0 Å². The number of nitrogens with zero attached hydrogens (tertiary/aromatic N) is 2. The molecule has 0 N–H and O–H groups in total. The Morgan fingerprint density at radius 3 is 1.82 bits per heavy atom. The summed E-state index contributed by atoms with van der Waals surface area (Å²) in [6.07, 6.45) is 12.6. The van der Waals surface area contributed by atoms with Crippen LogP contribution in [0.1, 0.15) is 71.1 Å². The molecule has 0 aromatic carbocycles. The predicted molar refractivity (Wildman–Crippen MR) is 90.3 cm³/mol. The van der Waals surface area contributed by atoms with E-state index in [0.29, 0.717) is 5.91 Å². The third-order valence-corrected chi connectivity index (χ3v) is 4.80. The number of rotatable bonds is 10. The van der Waals surface area contributed by atoms with Crippen molar-refractivity contribution in [2.75, 3.05) is 40.3 Å². The lowest BCUT2D eigenvalue weighted by molar-refractivity contribution is -0.894. The van der Waals surface area contributed by atoms with E-state index in [9.17, 15) is 4.79 Å². The van der Waals surface area contributed by atoms with Crippen molar-refractivity contribution in [2.45, 2.75) is 71.1 Å². The summed E-state index contributed by atoms with van der Waals surface area (Å²) in [5, 5.41) is 0. The Morgan fingerprint density at radius 2 is 1.32 bits per heavy atom. The normalized spacial score (nSPS) is 17.1. The predicted octanol–water partition coefficient (Wildman–Crippen LogP) is 0.830. The number of likely N-dealkylation sites (N-methyl/N-ethyl adjacent to an activating group) is 1. The smallest absolute Gasteiger partial charge is 0.222 e. The fourth-order valence-corrected chi connectivity index (χ4v) is 3.00. The van der Waals surface area contributed by atoms with Crippen molar-refractivity contribution in [3.8, 4) is 0 Å². The fraction of sp³-hybridized carbons (Fsp3) is 0.944. The maximum atomic E-state index is 12.1. The van der Waals surface area contributed by atoms with Gasteiger partial charge in [0.15, 0.2) is 0 Å². The highest BCUT2D eigenvalue weighted by Crippen LogP contribution is 2.13. The molecule has 3 nitrogen and oxygen atoms in total. The third kappa shape index (κ3) is 10.0. The molecule has 4 heteroatoms. The molecule has 0 saturated carbocycles. The average molecular weight is 424 g/mol. The van der Waals surface area contributed by atoms with Crippen LogP contribution in [-0.4, -0.2) is 55.6 Å². The van der Waals surface area contributed by atoms with E-state index < -0.39 is 0 Å². The summed E-state index contributed by atoms with van der Waals surface area (Å²) in [6, 6.07) is 0. The first-order valence-electron chi connectivity index (χ1n) is 9.15. The van der Waals surface area contributed by atoms with Gasteiger partial charge in [0, 0.05) is 6.42 Å². The molecule has 1 aliphatic heterocycles. The molecule has 0 unspecified atom stereocenters. The molecular weight excluding hydrogens is 387 g/mol. The van der Waals surface area contributed by atoms with Crippen molar-refractivity contribution in [1.82, 2.24) is 4.90 Å². The van der Waals surface area contributed by atoms with Crippen LogP contribution in [0.3, 0.4) is 0 Å². The quantitative estimate of drug-likeness (QED) is 0.289. The van der Waals surface area contributed by atoms with Crippen LogP contribution >= 0.6 is 0 Å². The average Bonchev–Trinajstić information content (AvgIpc) is 2.45. The summed E-state index contributed by atoms with van der Waals surface area (Å²) in [7, 11) is 4.50. The second-order valence-electron chi connectivity index (χ2n) is 7.34. The van der Waals surface area contributed by atoms with Gasteiger partial charge in [0.25, 0.3) is 0 Å². The molecule has 1 saturated heterocycles. The minimum Gasteiger partial charge on any atom is -1.00 e. The van der Waals surface area contributed by atoms with Gasteiger partial charge in [0.2, 0.25) is 5.91 Å². The Labute approximate surface area is 155 Å². The Morgan fingerprint density at radius 1 is 0.864 bits per heavy atom. The number of quaternary nitrogens is 1. The maximum absolute atomic E-state index is 12.1. The Hall–Kier alpha value is 0.160. The zero-order valence-electron chi connectivity index (χ0n) is 15.1. The highest BCUT2D eigenvalue weighted by molar-refractivity contribution is 5.76. The van der Waals surface area contributed by atoms with Crippen LogP contribution in [-0.2, 0) is 4.79 Å². The lowest BCUT2D eigenvalue weighted by Crippen LogP contribution is -3.00. The molecule has 1 rings (SSSR count). The summed E-state index contributed by atoms with van der Waals surface area (Å²) in [4.78, 5) is 14.2. The van der Waals surface area contributed by atoms with Gasteiger partial charge in [-0.15, -0.1) is 0 Å². The van der Waals surface area contributed by atoms with Crippen molar-refractivity contribution < 1.29 is 33.3 Å². The van der Waals surface area contributed by atoms with Gasteiger partial charge in [-0.25, -0.2) is 0 Å². The maximum Gasteiger partial charge on any atom is 0.222 e. The molecule has 1 fully saturated rings. The van der Waals surface area contributed by atoms with Crippen molar-refractivity contribution in [3.05, 3.63) is 0 Å². The Balaban J connectivity index is 0.00000441. The second-order valence-corrected chi connectivity index (χ2v) is 7.34. The molecule has 0 spiro atoms. The summed E-state index contributed by atoms with van der Waals surface area (Å²) in [5.74, 6) is 0.387. The lowest BCUT2D eigenvalue weighted by atomic mass is 10.1. The van der Waals surface area contributed by atoms with Crippen molar-refractivity contribution in [3.63, 3.8) is 0 Å². The molecule has 1 heterocycles. The highest BCUT2D eigenvalue weighted by atomic mass is 127. The molecule has 1 aliphatic rings. The Kier molecular flexibility index (Phi) is 12.7. The van der Waals surface area contributed by atoms with Gasteiger partial charge < -0.3 is 33.4 Å². The standard InChI is InChI=1S/C18H37N2O.HI/c1-4-5-6-7-8-9-10-11-12-13-18(21)19-14-16-20(2,3)17-15-19;/h4-17H2,1-3H3;1H/q+1;/p-1. The summed E-state index contributed by atoms with van der Waals surface area (Å²) >= 11 is 0. The number of hydrogen-bond donors (Lipinski definition) is 0. The van der Waals surface area contributed by atoms with Crippen LogP contribution < -0.4 is 24.0 Å². The van der Waals surface area contributed by atoms with E-state index in [1.165, 1.54) is 51.4 Å². The van der Waals surface area contributed by atoms with E-state index in [0.717, 1.165) is 43.5 Å². The van der Waals surface area contributed by atoms with Gasteiger partial charge in [-0.05, 0) is 6.42 Å². The topological polar surface area (TPSA) is 20.3 Å². The number of unbranched alkanes of at least 4 members (excludes halogenated alkanes) is 8. The van der Waals surface area contributed by atoms with E-state index in [2.05, 4.69) is 25.9 Å². The van der Waals surface area contributed by atoms with Crippen LogP contribution in [0.15, 0.2) is 0 Å². The first-order valence-corrected chi connectivity index (χ1v) is 9.15. The number of carbonyl (C=O) groups is 1. The van der Waals surface area contributed by atoms with Crippen molar-refractivity contribution in [1.29, 1.82) is 0 Å². The fourth-order valence-electron chi connectivity index (χ4n) is 3.00. The van der Waals surface area contributed by atoms with Crippen LogP contribution in [0, 0.1) is 0 Å². The molecular formula is C18H37IN2O. The minimum atomic E-state index is 0. The molecule has 0 radical (unpaired) electrons. The van der Waals surface area contributed by atoms with Crippen LogP contribution in [0.25, 0.3) is 0 Å². The van der Waals surface area contributed by atoms with Gasteiger partial charge in [0.05, 0.1) is 40.3 Å². The molecule has 0 aromatic heterocycles. The molecule has 0 bridgehead atoms. The second kappa shape index (κ2) is 12.6. The largest absolute Gasteiger partial charge is 1.00 e. The molecule has 1 amide bonds. The monoisotopic (exact) mass is 424 g/mol. The molecule has 0 aliphatic carbocycles. The first kappa shape index (κ1) is 22.2. The van der Waals surface area contributed by atoms with E-state index >= 15 is 0 Å². The summed E-state index contributed by atoms with van der Waals surface area (Å²) < 4.78 is 1.06. The number of hydrogen-bond acceptors (Lipinski definition) is 1. The minimum absolute atomic E-state index is 0. The highest BCUT2D eigenvalue weighted by Gasteiger charge is 2.26. The van der Waals surface area contributed by atoms with E-state index in [1.807, 2.05) is 0 Å². The zero-order chi connectivity index (χ0) is 15.6. The molecule has 0 aromatic rings. The summed E-state index contributed by atoms with van der Waals surface area (Å²) in [6.45, 7) is 6.36. The molecule has 22 heavy (non-hydrogen) atoms. The zero-order valence-corrected chi connectivity index (χ0v) is 17.2. The van der Waals surface area contributed by atoms with Gasteiger partial charge in [0.1, 0.15) is 0 Å². The van der Waals surface area contributed by atoms with E-state index in [4.69, 9.17) is 0 Å². The summed E-state index contributed by atoms with van der Waals surface area (Å²) in [5.41, 5.74) is 0. The van der Waals surface area contributed by atoms with Gasteiger partial charge in [-0.1, -0.05) is 58.3 Å². The van der Waals surface area contributed by atoms with Crippen molar-refractivity contribution in [2.24, 2.45) is 0 Å². The molecule has 132 valence electrons. The number of carbonyl (C=O) groups excluding carboxylic acids is 1. The van der Waals surface area contributed by atoms with E-state index in [-0.39, 0.29) is 24.0 Å². The molecule has 0 atom stereocenters. The van der Waals surface area contributed by atoms with Crippen LogP contribution in [0.5, 0.6) is 0 Å². The number of halogens is 1. The van der Waals surface area contributed by atoms with Crippen LogP contribution in [0.4, 0.5) is 0 Å². The van der Waals surface area contributed by atoms with E-state index in [1.54, 1.807) is 0 Å². The van der Waals surface area contributed by atoms with Gasteiger partial charge in [-0.3, -0.25) is 4.79 Å². The van der Waals surface area contributed by atoms with Crippen molar-refractivity contribution >= 4 is 5.91 Å². The third-order valence-electron chi connectivity index (χ3n) is 4.80. The lowest BCUT2D eigenvalue weighted by Gasteiger charge is -2.39. The SMILES string of the molecule is CCCCCCCCCCCC(=O)N1CC[N+](C)(C)CC1.[I-]. The van der Waals surface area contributed by atoms with Gasteiger partial charge in [-0.2, -0.15) is 0 Å².